The largest absolute Gasteiger partial charge is 0.323 e. The van der Waals surface area contributed by atoms with Crippen molar-refractivity contribution in [1.82, 2.24) is 29.9 Å². The topological polar surface area (TPSA) is 84.3 Å². The van der Waals surface area contributed by atoms with E-state index in [0.29, 0.717) is 28.4 Å². The van der Waals surface area contributed by atoms with E-state index in [0.717, 1.165) is 41.1 Å². The van der Waals surface area contributed by atoms with Gasteiger partial charge in [-0.1, -0.05) is 11.6 Å². The van der Waals surface area contributed by atoms with Crippen LogP contribution in [-0.2, 0) is 0 Å². The second kappa shape index (κ2) is 7.21. The lowest BCUT2D eigenvalue weighted by atomic mass is 10.0. The summed E-state index contributed by atoms with van der Waals surface area (Å²) in [6, 6.07) is 8.23. The quantitative estimate of drug-likeness (QED) is 0.467. The Morgan fingerprint density at radius 3 is 2.60 bits per heavy atom. The van der Waals surface area contributed by atoms with Gasteiger partial charge in [0.1, 0.15) is 18.0 Å². The van der Waals surface area contributed by atoms with Gasteiger partial charge in [-0.15, -0.1) is 0 Å². The number of aryl methyl sites for hydroxylation is 1. The summed E-state index contributed by atoms with van der Waals surface area (Å²) in [4.78, 5) is 8.66. The number of H-pyrrole nitrogens is 1. The van der Waals surface area contributed by atoms with Crippen LogP contribution >= 0.6 is 11.6 Å². The van der Waals surface area contributed by atoms with E-state index in [9.17, 15) is 4.39 Å². The SMILES string of the molecule is Cc1nn(-c2cc(Nc3n[nH]c(-c4ccc(F)cc4)c3C3CC3)ncn2)c(C)c1Cl. The van der Waals surface area contributed by atoms with Gasteiger partial charge in [-0.2, -0.15) is 10.2 Å². The minimum atomic E-state index is -0.262. The number of anilines is 2. The molecule has 0 unspecified atom stereocenters. The van der Waals surface area contributed by atoms with Crippen molar-refractivity contribution < 1.29 is 4.39 Å². The minimum absolute atomic E-state index is 0.262. The van der Waals surface area contributed by atoms with Crippen LogP contribution in [0.1, 0.15) is 35.7 Å². The van der Waals surface area contributed by atoms with E-state index >= 15 is 0 Å². The van der Waals surface area contributed by atoms with Crippen molar-refractivity contribution in [1.29, 1.82) is 0 Å². The summed E-state index contributed by atoms with van der Waals surface area (Å²) >= 11 is 6.27. The summed E-state index contributed by atoms with van der Waals surface area (Å²) in [6.07, 6.45) is 3.68. The average Bonchev–Trinajstić information content (AvgIpc) is 3.46. The third-order valence-corrected chi connectivity index (χ3v) is 5.79. The fraction of sp³-hybridized carbons (Fsp3) is 0.238. The van der Waals surface area contributed by atoms with Crippen LogP contribution in [0.3, 0.4) is 0 Å². The number of nitrogens with one attached hydrogen (secondary N) is 2. The summed E-state index contributed by atoms with van der Waals surface area (Å²) in [7, 11) is 0. The van der Waals surface area contributed by atoms with Crippen molar-refractivity contribution in [3.8, 4) is 17.1 Å². The van der Waals surface area contributed by atoms with Crippen molar-refractivity contribution in [2.45, 2.75) is 32.6 Å². The van der Waals surface area contributed by atoms with Gasteiger partial charge in [0, 0.05) is 17.2 Å². The maximum Gasteiger partial charge on any atom is 0.159 e. The molecule has 0 radical (unpaired) electrons. The maximum absolute atomic E-state index is 13.3. The molecule has 1 fully saturated rings. The molecule has 0 atom stereocenters. The van der Waals surface area contributed by atoms with E-state index in [-0.39, 0.29) is 5.82 Å². The van der Waals surface area contributed by atoms with Gasteiger partial charge in [0.05, 0.1) is 22.1 Å². The van der Waals surface area contributed by atoms with Crippen molar-refractivity contribution in [3.05, 3.63) is 64.5 Å². The molecule has 0 amide bonds. The lowest BCUT2D eigenvalue weighted by Crippen LogP contribution is -2.05. The van der Waals surface area contributed by atoms with Gasteiger partial charge in [0.15, 0.2) is 11.6 Å². The Labute approximate surface area is 177 Å². The highest BCUT2D eigenvalue weighted by Crippen LogP contribution is 2.47. The lowest BCUT2D eigenvalue weighted by Gasteiger charge is -2.09. The summed E-state index contributed by atoms with van der Waals surface area (Å²) < 4.78 is 15.0. The molecule has 1 aliphatic rings. The Bertz CT molecular complexity index is 1220. The van der Waals surface area contributed by atoms with Gasteiger partial charge in [0.25, 0.3) is 0 Å². The molecule has 4 aromatic rings. The van der Waals surface area contributed by atoms with Gasteiger partial charge in [-0.3, -0.25) is 5.10 Å². The minimum Gasteiger partial charge on any atom is -0.323 e. The zero-order chi connectivity index (χ0) is 20.8. The molecule has 152 valence electrons. The van der Waals surface area contributed by atoms with Crippen molar-refractivity contribution in [2.75, 3.05) is 5.32 Å². The summed E-state index contributed by atoms with van der Waals surface area (Å²) in [6.45, 7) is 3.75. The van der Waals surface area contributed by atoms with E-state index in [1.807, 2.05) is 13.8 Å². The van der Waals surface area contributed by atoms with Crippen molar-refractivity contribution in [3.63, 3.8) is 0 Å². The molecule has 1 saturated carbocycles. The number of nitrogens with zero attached hydrogens (tertiary/aromatic N) is 5. The molecule has 0 spiro atoms. The molecule has 1 aliphatic carbocycles. The first-order chi connectivity index (χ1) is 14.5. The third-order valence-electron chi connectivity index (χ3n) is 5.24. The first-order valence-electron chi connectivity index (χ1n) is 9.66. The Hall–Kier alpha value is -3.26. The number of rotatable bonds is 5. The molecule has 3 aromatic heterocycles. The highest BCUT2D eigenvalue weighted by atomic mass is 35.5. The Balaban J connectivity index is 1.49. The summed E-state index contributed by atoms with van der Waals surface area (Å²) in [5, 5.41) is 16.0. The van der Waals surface area contributed by atoms with E-state index in [1.54, 1.807) is 22.9 Å². The normalized spacial score (nSPS) is 13.6. The van der Waals surface area contributed by atoms with E-state index in [1.165, 1.54) is 18.5 Å². The Morgan fingerprint density at radius 1 is 1.17 bits per heavy atom. The van der Waals surface area contributed by atoms with Crippen LogP contribution < -0.4 is 5.32 Å². The van der Waals surface area contributed by atoms with Crippen LogP contribution in [0.2, 0.25) is 5.02 Å². The molecule has 5 rings (SSSR count). The number of benzene rings is 1. The molecule has 0 bridgehead atoms. The molecule has 2 N–H and O–H groups in total. The second-order valence-corrected chi connectivity index (χ2v) is 7.80. The van der Waals surface area contributed by atoms with Crippen LogP contribution in [0.25, 0.3) is 17.1 Å². The number of aromatic nitrogens is 6. The van der Waals surface area contributed by atoms with Gasteiger partial charge >= 0.3 is 0 Å². The van der Waals surface area contributed by atoms with Gasteiger partial charge < -0.3 is 5.32 Å². The highest BCUT2D eigenvalue weighted by molar-refractivity contribution is 6.31. The predicted molar refractivity (Wildman–Crippen MR) is 113 cm³/mol. The fourth-order valence-corrected chi connectivity index (χ4v) is 3.67. The molecule has 1 aromatic carbocycles. The predicted octanol–water partition coefficient (Wildman–Crippen LogP) is 5.08. The van der Waals surface area contributed by atoms with Crippen LogP contribution in [0.15, 0.2) is 36.7 Å². The van der Waals surface area contributed by atoms with Crippen LogP contribution in [0.5, 0.6) is 0 Å². The molecular weight excluding hydrogens is 405 g/mol. The average molecular weight is 424 g/mol. The van der Waals surface area contributed by atoms with E-state index < -0.39 is 0 Å². The molecule has 3 heterocycles. The van der Waals surface area contributed by atoms with Gasteiger partial charge in [-0.25, -0.2) is 19.0 Å². The van der Waals surface area contributed by atoms with Crippen molar-refractivity contribution >= 4 is 23.2 Å². The first-order valence-corrected chi connectivity index (χ1v) is 10.0. The van der Waals surface area contributed by atoms with Crippen LogP contribution in [0, 0.1) is 19.7 Å². The number of hydrogen-bond donors (Lipinski definition) is 2. The number of aromatic amines is 1. The lowest BCUT2D eigenvalue weighted by molar-refractivity contribution is 0.628. The smallest absolute Gasteiger partial charge is 0.159 e. The zero-order valence-electron chi connectivity index (χ0n) is 16.4. The Kier molecular flexibility index (Phi) is 4.51. The number of halogens is 2. The molecular formula is C21H19ClFN7. The summed E-state index contributed by atoms with van der Waals surface area (Å²) in [5.41, 5.74) is 4.46. The number of hydrogen-bond acceptors (Lipinski definition) is 5. The monoisotopic (exact) mass is 423 g/mol. The molecule has 7 nitrogen and oxygen atoms in total. The first kappa shape index (κ1) is 18.7. The van der Waals surface area contributed by atoms with Crippen molar-refractivity contribution in [2.24, 2.45) is 0 Å². The maximum atomic E-state index is 13.3. The van der Waals surface area contributed by atoms with Crippen LogP contribution in [-0.4, -0.2) is 29.9 Å². The Morgan fingerprint density at radius 2 is 1.93 bits per heavy atom. The van der Waals surface area contributed by atoms with Gasteiger partial charge in [-0.05, 0) is 56.9 Å². The molecule has 0 aliphatic heterocycles. The molecule has 30 heavy (non-hydrogen) atoms. The zero-order valence-corrected chi connectivity index (χ0v) is 17.2. The fourth-order valence-electron chi connectivity index (χ4n) is 3.55. The third kappa shape index (κ3) is 3.33. The van der Waals surface area contributed by atoms with Crippen LogP contribution in [0.4, 0.5) is 16.0 Å². The van der Waals surface area contributed by atoms with Gasteiger partial charge in [0.2, 0.25) is 0 Å². The van der Waals surface area contributed by atoms with E-state index in [4.69, 9.17) is 11.6 Å². The summed E-state index contributed by atoms with van der Waals surface area (Å²) in [5.74, 6) is 2.09. The highest BCUT2D eigenvalue weighted by Gasteiger charge is 2.31. The molecule has 9 heteroatoms. The second-order valence-electron chi connectivity index (χ2n) is 7.43. The van der Waals surface area contributed by atoms with E-state index in [2.05, 4.69) is 30.6 Å². The standard InChI is InChI=1S/C21H19ClFN7/c1-11-19(22)12(2)30(29-11)17-9-16(24-10-25-17)26-21-18(13-3-4-13)20(27-28-21)14-5-7-15(23)8-6-14/h5-10,13H,3-4H2,1-2H3,(H2,24,25,26,27,28). The molecule has 0 saturated heterocycles.